The van der Waals surface area contributed by atoms with Gasteiger partial charge in [-0.3, -0.25) is 4.79 Å². The number of pyridine rings is 2. The summed E-state index contributed by atoms with van der Waals surface area (Å²) in [5, 5.41) is 9.26. The molecule has 2 aliphatic rings. The van der Waals surface area contributed by atoms with Gasteiger partial charge in [0.05, 0.1) is 38.7 Å². The van der Waals surface area contributed by atoms with Crippen LogP contribution in [0, 0.1) is 15.3 Å². The summed E-state index contributed by atoms with van der Waals surface area (Å²) in [6.45, 7) is 4.12. The number of fused-ring (bicyclic) bond motifs is 1. The number of piperidine rings is 1. The van der Waals surface area contributed by atoms with Crippen LogP contribution in [0.1, 0.15) is 55.9 Å². The molecule has 2 aliphatic heterocycles. The Kier molecular flexibility index (Phi) is 7.55. The van der Waals surface area contributed by atoms with Gasteiger partial charge in [-0.2, -0.15) is 10.2 Å². The zero-order chi connectivity index (χ0) is 29.1. The standard InChI is InChI=1S/C27H28ClFIN7O3S/c1-15-9-17(10-16(2)36(15)27-23(30)11-18(29)13-31-27)24(38)21-14-35(19-3-7-41(39,40)8-4-19)25-20(21)12-22(28)26(34-25)37-32-5-6-33-37/h5-6,11-17,19H,3-4,7-10H2,1-2H3/t15-,16-/m1/s1. The molecule has 0 radical (unpaired) electrons. The van der Waals surface area contributed by atoms with E-state index in [0.29, 0.717) is 53.1 Å². The highest BCUT2D eigenvalue weighted by molar-refractivity contribution is 14.1. The van der Waals surface area contributed by atoms with Gasteiger partial charge in [0.15, 0.2) is 11.6 Å². The van der Waals surface area contributed by atoms with Gasteiger partial charge >= 0.3 is 0 Å². The number of aromatic nitrogens is 6. The molecule has 0 aliphatic carbocycles. The van der Waals surface area contributed by atoms with Crippen LogP contribution in [-0.4, -0.2) is 67.3 Å². The van der Waals surface area contributed by atoms with E-state index in [-0.39, 0.29) is 47.1 Å². The molecule has 216 valence electrons. The molecule has 0 N–H and O–H groups in total. The Labute approximate surface area is 255 Å². The molecule has 6 rings (SSSR count). The van der Waals surface area contributed by atoms with Gasteiger partial charge in [0.2, 0.25) is 0 Å². The molecule has 2 saturated heterocycles. The summed E-state index contributed by atoms with van der Waals surface area (Å²) in [7, 11) is -3.08. The first-order chi connectivity index (χ1) is 19.5. The van der Waals surface area contributed by atoms with Crippen molar-refractivity contribution in [1.29, 1.82) is 0 Å². The number of anilines is 1. The summed E-state index contributed by atoms with van der Waals surface area (Å²) in [6.07, 6.45) is 8.18. The molecule has 4 aromatic rings. The van der Waals surface area contributed by atoms with Crippen LogP contribution < -0.4 is 4.90 Å². The Morgan fingerprint density at radius 1 is 1.07 bits per heavy atom. The van der Waals surface area contributed by atoms with Crippen molar-refractivity contribution in [2.45, 2.75) is 57.7 Å². The summed E-state index contributed by atoms with van der Waals surface area (Å²) in [4.78, 5) is 26.8. The molecule has 14 heteroatoms. The SMILES string of the molecule is C[C@@H]1CC(C(=O)c2cn(C3CCS(=O)(=O)CC3)c3nc(-n4nccn4)c(Cl)cc23)C[C@@H](C)N1c1ncc(F)cc1I. The van der Waals surface area contributed by atoms with E-state index in [0.717, 1.165) is 9.39 Å². The smallest absolute Gasteiger partial charge is 0.195 e. The number of carbonyl (C=O) groups is 1. The lowest BCUT2D eigenvalue weighted by molar-refractivity contribution is 0.0878. The number of nitrogens with zero attached hydrogens (tertiary/aromatic N) is 7. The Morgan fingerprint density at radius 3 is 2.37 bits per heavy atom. The Morgan fingerprint density at radius 2 is 1.73 bits per heavy atom. The maximum absolute atomic E-state index is 14.2. The van der Waals surface area contributed by atoms with Gasteiger partial charge in [-0.15, -0.1) is 4.80 Å². The van der Waals surface area contributed by atoms with Crippen molar-refractivity contribution in [3.8, 4) is 5.82 Å². The number of halogens is 3. The number of hydrogen-bond acceptors (Lipinski definition) is 8. The minimum absolute atomic E-state index is 0.000115. The van der Waals surface area contributed by atoms with Crippen LogP contribution in [0.5, 0.6) is 0 Å². The van der Waals surface area contributed by atoms with Crippen molar-refractivity contribution in [3.63, 3.8) is 0 Å². The lowest BCUT2D eigenvalue weighted by Crippen LogP contribution is -2.49. The van der Waals surface area contributed by atoms with E-state index in [1.54, 1.807) is 6.07 Å². The minimum atomic E-state index is -3.08. The fourth-order valence-corrected chi connectivity index (χ4v) is 8.67. The molecule has 0 amide bonds. The van der Waals surface area contributed by atoms with E-state index < -0.39 is 9.84 Å². The monoisotopic (exact) mass is 711 g/mol. The third-order valence-corrected chi connectivity index (χ3v) is 10.9. The molecule has 2 atom stereocenters. The average Bonchev–Trinajstić information content (AvgIpc) is 3.57. The molecule has 10 nitrogen and oxygen atoms in total. The van der Waals surface area contributed by atoms with Crippen LogP contribution in [0.25, 0.3) is 16.9 Å². The van der Waals surface area contributed by atoms with Crippen LogP contribution in [0.4, 0.5) is 10.2 Å². The fraction of sp³-hybridized carbons (Fsp3) is 0.444. The van der Waals surface area contributed by atoms with Gasteiger partial charge in [0, 0.05) is 41.2 Å². The largest absolute Gasteiger partial charge is 0.350 e. The number of ketones is 1. The van der Waals surface area contributed by atoms with Gasteiger partial charge in [-0.25, -0.2) is 22.8 Å². The number of rotatable bonds is 5. The normalized spacial score (nSPS) is 23.2. The van der Waals surface area contributed by atoms with Crippen molar-refractivity contribution < 1.29 is 17.6 Å². The zero-order valence-electron chi connectivity index (χ0n) is 22.4. The molecular formula is C27H28ClFIN7O3S. The van der Waals surface area contributed by atoms with E-state index >= 15 is 0 Å². The van der Waals surface area contributed by atoms with Crippen LogP contribution in [0.2, 0.25) is 5.02 Å². The second-order valence-electron chi connectivity index (χ2n) is 10.9. The van der Waals surface area contributed by atoms with Gasteiger partial charge in [-0.05, 0) is 74.3 Å². The molecule has 2 fully saturated rings. The maximum Gasteiger partial charge on any atom is 0.195 e. The van der Waals surface area contributed by atoms with Gasteiger partial charge in [0.1, 0.15) is 27.1 Å². The maximum atomic E-state index is 14.2. The highest BCUT2D eigenvalue weighted by atomic mass is 127. The Balaban J connectivity index is 1.37. The van der Waals surface area contributed by atoms with Crippen molar-refractivity contribution in [1.82, 2.24) is 29.5 Å². The van der Waals surface area contributed by atoms with Crippen LogP contribution in [-0.2, 0) is 9.84 Å². The molecule has 0 bridgehead atoms. The quantitative estimate of drug-likeness (QED) is 0.209. The lowest BCUT2D eigenvalue weighted by atomic mass is 9.82. The number of carbonyl (C=O) groups excluding carboxylic acids is 1. The predicted molar refractivity (Wildman–Crippen MR) is 162 cm³/mol. The highest BCUT2D eigenvalue weighted by Gasteiger charge is 2.38. The molecule has 0 aromatic carbocycles. The van der Waals surface area contributed by atoms with Crippen molar-refractivity contribution in [2.75, 3.05) is 16.4 Å². The molecule has 41 heavy (non-hydrogen) atoms. The summed E-state index contributed by atoms with van der Waals surface area (Å²) in [5.74, 6) is 0.595. The second-order valence-corrected chi connectivity index (χ2v) is 14.8. The molecule has 4 aromatic heterocycles. The summed E-state index contributed by atoms with van der Waals surface area (Å²) in [6, 6.07) is 3.07. The van der Waals surface area contributed by atoms with E-state index in [1.807, 2.05) is 10.8 Å². The number of Topliss-reactive ketones (excluding diaryl/α,β-unsaturated/α-hetero) is 1. The van der Waals surface area contributed by atoms with E-state index in [4.69, 9.17) is 16.6 Å². The summed E-state index contributed by atoms with van der Waals surface area (Å²) < 4.78 is 40.7. The summed E-state index contributed by atoms with van der Waals surface area (Å²) in [5.41, 5.74) is 1.08. The first-order valence-corrected chi connectivity index (χ1v) is 16.7. The predicted octanol–water partition coefficient (Wildman–Crippen LogP) is 5.04. The van der Waals surface area contributed by atoms with Crippen molar-refractivity contribution in [2.24, 2.45) is 5.92 Å². The zero-order valence-corrected chi connectivity index (χ0v) is 26.1. The van der Waals surface area contributed by atoms with Gasteiger partial charge in [-0.1, -0.05) is 11.6 Å². The fourth-order valence-electron chi connectivity index (χ4n) is 6.26. The van der Waals surface area contributed by atoms with Crippen LogP contribution in [0.15, 0.2) is 36.9 Å². The van der Waals surface area contributed by atoms with Crippen molar-refractivity contribution >= 4 is 66.7 Å². The number of hydrogen-bond donors (Lipinski definition) is 0. The topological polar surface area (TPSA) is 116 Å². The average molecular weight is 712 g/mol. The third-order valence-electron chi connectivity index (χ3n) is 8.14. The van der Waals surface area contributed by atoms with Gasteiger partial charge < -0.3 is 9.47 Å². The van der Waals surface area contributed by atoms with Crippen LogP contribution in [0.3, 0.4) is 0 Å². The molecule has 6 heterocycles. The second kappa shape index (κ2) is 10.9. The van der Waals surface area contributed by atoms with E-state index in [2.05, 4.69) is 56.5 Å². The Hall–Kier alpha value is -2.65. The van der Waals surface area contributed by atoms with Crippen molar-refractivity contribution in [3.05, 3.63) is 56.9 Å². The van der Waals surface area contributed by atoms with Gasteiger partial charge in [0.25, 0.3) is 0 Å². The Bertz CT molecular complexity index is 1720. The number of sulfone groups is 1. The first-order valence-electron chi connectivity index (χ1n) is 13.4. The lowest BCUT2D eigenvalue weighted by Gasteiger charge is -2.43. The minimum Gasteiger partial charge on any atom is -0.350 e. The molecule has 0 unspecified atom stereocenters. The summed E-state index contributed by atoms with van der Waals surface area (Å²) >= 11 is 8.74. The third kappa shape index (κ3) is 5.36. The molecular weight excluding hydrogens is 684 g/mol. The highest BCUT2D eigenvalue weighted by Crippen LogP contribution is 2.38. The molecule has 0 saturated carbocycles. The molecule has 0 spiro atoms. The van der Waals surface area contributed by atoms with E-state index in [9.17, 15) is 17.6 Å². The van der Waals surface area contributed by atoms with Crippen LogP contribution >= 0.6 is 34.2 Å². The first kappa shape index (κ1) is 28.5. The van der Waals surface area contributed by atoms with E-state index in [1.165, 1.54) is 29.5 Å².